The lowest BCUT2D eigenvalue weighted by molar-refractivity contribution is 0.248. The van der Waals surface area contributed by atoms with Crippen LogP contribution in [0.1, 0.15) is 26.3 Å². The molecule has 4 heteroatoms. The van der Waals surface area contributed by atoms with Crippen molar-refractivity contribution in [2.24, 2.45) is 5.92 Å². The van der Waals surface area contributed by atoms with Crippen molar-refractivity contribution < 1.29 is 4.74 Å². The van der Waals surface area contributed by atoms with Crippen LogP contribution in [0.25, 0.3) is 10.9 Å². The monoisotopic (exact) mass is 287 g/mol. The minimum atomic E-state index is 0.609. The zero-order chi connectivity index (χ0) is 15.4. The Bertz CT molecular complexity index is 610. The van der Waals surface area contributed by atoms with Gasteiger partial charge in [-0.05, 0) is 30.7 Å². The molecule has 1 aromatic carbocycles. The summed E-state index contributed by atoms with van der Waals surface area (Å²) in [6, 6.07) is 8.04. The van der Waals surface area contributed by atoms with Gasteiger partial charge in [0.15, 0.2) is 0 Å². The average Bonchev–Trinajstić information content (AvgIpc) is 2.46. The highest BCUT2D eigenvalue weighted by molar-refractivity contribution is 5.82. The van der Waals surface area contributed by atoms with E-state index in [4.69, 9.17) is 10.5 Å². The molecule has 0 bridgehead atoms. The van der Waals surface area contributed by atoms with Crippen LogP contribution >= 0.6 is 0 Å². The Kier molecular flexibility index (Phi) is 5.02. The molecule has 114 valence electrons. The van der Waals surface area contributed by atoms with Gasteiger partial charge in [-0.3, -0.25) is 4.90 Å². The lowest BCUT2D eigenvalue weighted by Gasteiger charge is -2.23. The standard InChI is InChI=1S/C17H25N3O/c1-5-20(10-12(2)3)11-14-8-13-6-7-15(21-4)9-16(13)19-17(14)18/h6-9,12H,5,10-11H2,1-4H3,(H2,18,19). The molecular formula is C17H25N3O. The first-order valence-corrected chi connectivity index (χ1v) is 7.49. The Labute approximate surface area is 126 Å². The summed E-state index contributed by atoms with van der Waals surface area (Å²) < 4.78 is 5.23. The molecule has 2 N–H and O–H groups in total. The van der Waals surface area contributed by atoms with Gasteiger partial charge in [0, 0.05) is 30.1 Å². The third-order valence-electron chi connectivity index (χ3n) is 3.60. The van der Waals surface area contributed by atoms with E-state index in [1.165, 1.54) is 0 Å². The van der Waals surface area contributed by atoms with Gasteiger partial charge in [0.2, 0.25) is 0 Å². The Morgan fingerprint density at radius 3 is 2.67 bits per heavy atom. The largest absolute Gasteiger partial charge is 0.497 e. The molecule has 0 aliphatic carbocycles. The highest BCUT2D eigenvalue weighted by Crippen LogP contribution is 2.23. The number of benzene rings is 1. The molecule has 0 atom stereocenters. The van der Waals surface area contributed by atoms with Crippen LogP contribution in [-0.4, -0.2) is 30.1 Å². The van der Waals surface area contributed by atoms with E-state index in [1.54, 1.807) is 7.11 Å². The van der Waals surface area contributed by atoms with Crippen molar-refractivity contribution in [1.29, 1.82) is 0 Å². The van der Waals surface area contributed by atoms with Crippen molar-refractivity contribution >= 4 is 16.7 Å². The number of fused-ring (bicyclic) bond motifs is 1. The minimum Gasteiger partial charge on any atom is -0.497 e. The van der Waals surface area contributed by atoms with Crippen molar-refractivity contribution in [1.82, 2.24) is 9.88 Å². The number of nitrogens with two attached hydrogens (primary N) is 1. The predicted octanol–water partition coefficient (Wildman–Crippen LogP) is 3.30. The van der Waals surface area contributed by atoms with Crippen LogP contribution in [-0.2, 0) is 6.54 Å². The average molecular weight is 287 g/mol. The van der Waals surface area contributed by atoms with Crippen LogP contribution in [0.2, 0.25) is 0 Å². The second-order valence-electron chi connectivity index (χ2n) is 5.81. The highest BCUT2D eigenvalue weighted by Gasteiger charge is 2.10. The van der Waals surface area contributed by atoms with Gasteiger partial charge >= 0.3 is 0 Å². The molecule has 0 saturated carbocycles. The van der Waals surface area contributed by atoms with E-state index in [1.807, 2.05) is 18.2 Å². The summed E-state index contributed by atoms with van der Waals surface area (Å²) in [6.45, 7) is 9.57. The Hall–Kier alpha value is -1.81. The number of pyridine rings is 1. The van der Waals surface area contributed by atoms with E-state index in [2.05, 4.69) is 36.7 Å². The number of hydrogen-bond donors (Lipinski definition) is 1. The van der Waals surface area contributed by atoms with Gasteiger partial charge in [-0.15, -0.1) is 0 Å². The van der Waals surface area contributed by atoms with Gasteiger partial charge in [-0.25, -0.2) is 4.98 Å². The van der Waals surface area contributed by atoms with E-state index < -0.39 is 0 Å². The number of nitrogen functional groups attached to an aromatic ring is 1. The summed E-state index contributed by atoms with van der Waals surface area (Å²) in [5, 5.41) is 1.10. The minimum absolute atomic E-state index is 0.609. The summed E-state index contributed by atoms with van der Waals surface area (Å²) in [7, 11) is 1.66. The van der Waals surface area contributed by atoms with Crippen LogP contribution in [0, 0.1) is 5.92 Å². The third-order valence-corrected chi connectivity index (χ3v) is 3.60. The van der Waals surface area contributed by atoms with Crippen molar-refractivity contribution in [3.8, 4) is 5.75 Å². The van der Waals surface area contributed by atoms with Crippen LogP contribution in [0.15, 0.2) is 24.3 Å². The van der Waals surface area contributed by atoms with Gasteiger partial charge in [0.1, 0.15) is 11.6 Å². The zero-order valence-corrected chi connectivity index (χ0v) is 13.4. The number of aromatic nitrogens is 1. The maximum absolute atomic E-state index is 6.13. The first-order chi connectivity index (χ1) is 10.0. The predicted molar refractivity (Wildman–Crippen MR) is 88.5 cm³/mol. The van der Waals surface area contributed by atoms with Gasteiger partial charge < -0.3 is 10.5 Å². The second-order valence-corrected chi connectivity index (χ2v) is 5.81. The Morgan fingerprint density at radius 2 is 2.05 bits per heavy atom. The summed E-state index contributed by atoms with van der Waals surface area (Å²) >= 11 is 0. The van der Waals surface area contributed by atoms with Crippen molar-refractivity contribution in [2.75, 3.05) is 25.9 Å². The maximum atomic E-state index is 6.13. The molecule has 0 fully saturated rings. The molecule has 0 aliphatic rings. The van der Waals surface area contributed by atoms with E-state index in [0.29, 0.717) is 11.7 Å². The third kappa shape index (κ3) is 3.85. The number of ether oxygens (including phenoxy) is 1. The highest BCUT2D eigenvalue weighted by atomic mass is 16.5. The number of anilines is 1. The van der Waals surface area contributed by atoms with E-state index >= 15 is 0 Å². The van der Waals surface area contributed by atoms with E-state index in [-0.39, 0.29) is 0 Å². The molecule has 0 saturated heterocycles. The molecule has 1 aromatic heterocycles. The number of methoxy groups -OCH3 is 1. The molecule has 2 rings (SSSR count). The topological polar surface area (TPSA) is 51.4 Å². The molecule has 1 heterocycles. The Balaban J connectivity index is 2.29. The van der Waals surface area contributed by atoms with Crippen LogP contribution in [0.3, 0.4) is 0 Å². The SMILES string of the molecule is CCN(Cc1cc2ccc(OC)cc2nc1N)CC(C)C. The second kappa shape index (κ2) is 6.76. The van der Waals surface area contributed by atoms with Crippen LogP contribution < -0.4 is 10.5 Å². The molecule has 0 radical (unpaired) electrons. The van der Waals surface area contributed by atoms with Crippen molar-refractivity contribution in [3.05, 3.63) is 29.8 Å². The zero-order valence-electron chi connectivity index (χ0n) is 13.4. The summed E-state index contributed by atoms with van der Waals surface area (Å²) in [4.78, 5) is 6.92. The molecule has 0 amide bonds. The summed E-state index contributed by atoms with van der Waals surface area (Å²) in [6.07, 6.45) is 0. The number of hydrogen-bond acceptors (Lipinski definition) is 4. The maximum Gasteiger partial charge on any atom is 0.128 e. The molecule has 0 aliphatic heterocycles. The molecule has 4 nitrogen and oxygen atoms in total. The van der Waals surface area contributed by atoms with Crippen molar-refractivity contribution in [2.45, 2.75) is 27.3 Å². The van der Waals surface area contributed by atoms with Crippen LogP contribution in [0.5, 0.6) is 5.75 Å². The van der Waals surface area contributed by atoms with Crippen LogP contribution in [0.4, 0.5) is 5.82 Å². The normalized spacial score (nSPS) is 11.5. The van der Waals surface area contributed by atoms with Crippen molar-refractivity contribution in [3.63, 3.8) is 0 Å². The summed E-state index contributed by atoms with van der Waals surface area (Å²) in [5.74, 6) is 2.05. The molecule has 0 spiro atoms. The van der Waals surface area contributed by atoms with E-state index in [0.717, 1.165) is 41.9 Å². The van der Waals surface area contributed by atoms with E-state index in [9.17, 15) is 0 Å². The summed E-state index contributed by atoms with van der Waals surface area (Å²) in [5.41, 5.74) is 8.10. The fraction of sp³-hybridized carbons (Fsp3) is 0.471. The van der Waals surface area contributed by atoms with Gasteiger partial charge in [0.25, 0.3) is 0 Å². The quantitative estimate of drug-likeness (QED) is 0.885. The fourth-order valence-electron chi connectivity index (χ4n) is 2.52. The first-order valence-electron chi connectivity index (χ1n) is 7.49. The number of rotatable bonds is 6. The fourth-order valence-corrected chi connectivity index (χ4v) is 2.52. The smallest absolute Gasteiger partial charge is 0.128 e. The van der Waals surface area contributed by atoms with Gasteiger partial charge in [-0.2, -0.15) is 0 Å². The lowest BCUT2D eigenvalue weighted by Crippen LogP contribution is -2.27. The van der Waals surface area contributed by atoms with Gasteiger partial charge in [-0.1, -0.05) is 20.8 Å². The molecule has 21 heavy (non-hydrogen) atoms. The van der Waals surface area contributed by atoms with Gasteiger partial charge in [0.05, 0.1) is 12.6 Å². The molecule has 2 aromatic rings. The number of nitrogens with zero attached hydrogens (tertiary/aromatic N) is 2. The Morgan fingerprint density at radius 1 is 1.29 bits per heavy atom. The lowest BCUT2D eigenvalue weighted by atomic mass is 10.1. The molecule has 0 unspecified atom stereocenters. The molecular weight excluding hydrogens is 262 g/mol. The first kappa shape index (κ1) is 15.6.